The third-order valence-electron chi connectivity index (χ3n) is 5.05. The van der Waals surface area contributed by atoms with Gasteiger partial charge < -0.3 is 15.0 Å². The van der Waals surface area contributed by atoms with Crippen molar-refractivity contribution in [1.82, 2.24) is 20.2 Å². The van der Waals surface area contributed by atoms with Crippen LogP contribution in [0.2, 0.25) is 5.02 Å². The highest BCUT2D eigenvalue weighted by Gasteiger charge is 2.14. The van der Waals surface area contributed by atoms with Crippen LogP contribution in [0.5, 0.6) is 5.75 Å². The highest BCUT2D eigenvalue weighted by Crippen LogP contribution is 2.24. The van der Waals surface area contributed by atoms with Crippen LogP contribution in [0.15, 0.2) is 83.6 Å². The van der Waals surface area contributed by atoms with Crippen LogP contribution in [0.4, 0.5) is 5.69 Å². The second-order valence-corrected chi connectivity index (χ2v) is 8.84. The van der Waals surface area contributed by atoms with E-state index in [1.807, 2.05) is 28.8 Å². The van der Waals surface area contributed by atoms with Gasteiger partial charge in [0.25, 0.3) is 5.91 Å². The fourth-order valence-corrected chi connectivity index (χ4v) is 4.33. The van der Waals surface area contributed by atoms with Crippen molar-refractivity contribution in [3.05, 3.63) is 89.7 Å². The highest BCUT2D eigenvalue weighted by atomic mass is 35.5. The number of halogens is 1. The van der Waals surface area contributed by atoms with Gasteiger partial charge in [-0.1, -0.05) is 65.8 Å². The number of carbonyl (C=O) groups excluding carboxylic acids is 1. The molecule has 0 atom stereocenters. The van der Waals surface area contributed by atoms with E-state index in [-0.39, 0.29) is 17.4 Å². The van der Waals surface area contributed by atoms with Crippen molar-refractivity contribution in [3.8, 4) is 5.75 Å². The van der Waals surface area contributed by atoms with Gasteiger partial charge in [0, 0.05) is 28.2 Å². The fraction of sp³-hybridized carbons (Fsp3) is 0.120. The average Bonchev–Trinajstić information content (AvgIpc) is 3.25. The Balaban J connectivity index is 1.37. The number of aromatic nitrogens is 3. The zero-order valence-electron chi connectivity index (χ0n) is 18.7. The molecule has 4 rings (SSSR count). The molecule has 0 aliphatic carbocycles. The molecular formula is C25H23ClN6O2S. The van der Waals surface area contributed by atoms with Crippen LogP contribution >= 0.6 is 23.4 Å². The zero-order chi connectivity index (χ0) is 24.6. The number of phenols is 1. The number of hydrogen-bond donors (Lipinski definition) is 3. The van der Waals surface area contributed by atoms with E-state index in [9.17, 15) is 9.90 Å². The maximum atomic E-state index is 12.2. The molecule has 178 valence electrons. The summed E-state index contributed by atoms with van der Waals surface area (Å²) in [5.41, 5.74) is 3.85. The van der Waals surface area contributed by atoms with Crippen LogP contribution in [0, 0.1) is 0 Å². The molecule has 1 amide bonds. The van der Waals surface area contributed by atoms with Gasteiger partial charge in [0.15, 0.2) is 11.0 Å². The standard InChI is InChI=1S/C25H23ClN6O2S/c1-2-12-32-23(15-27-21-9-5-7-17-6-3-4-8-20(17)21)29-31-25(32)35-16-24(34)30-28-14-18-13-19(26)10-11-22(18)33/h2-11,13-14,27,33H,1,12,15-16H2,(H,30,34)/b28-14+. The summed E-state index contributed by atoms with van der Waals surface area (Å²) in [6, 6.07) is 18.8. The van der Waals surface area contributed by atoms with Crippen LogP contribution in [0.1, 0.15) is 11.4 Å². The van der Waals surface area contributed by atoms with E-state index in [2.05, 4.69) is 50.8 Å². The molecule has 35 heavy (non-hydrogen) atoms. The summed E-state index contributed by atoms with van der Waals surface area (Å²) in [5, 5.41) is 29.0. The minimum Gasteiger partial charge on any atom is -0.507 e. The maximum absolute atomic E-state index is 12.2. The molecule has 1 heterocycles. The summed E-state index contributed by atoms with van der Waals surface area (Å²) in [6.07, 6.45) is 3.09. The van der Waals surface area contributed by atoms with Crippen molar-refractivity contribution in [2.75, 3.05) is 11.1 Å². The topological polar surface area (TPSA) is 104 Å². The van der Waals surface area contributed by atoms with Crippen molar-refractivity contribution in [1.29, 1.82) is 0 Å². The van der Waals surface area contributed by atoms with Crippen molar-refractivity contribution >= 4 is 51.9 Å². The number of hydrazone groups is 1. The molecule has 3 N–H and O–H groups in total. The van der Waals surface area contributed by atoms with Crippen molar-refractivity contribution in [2.45, 2.75) is 18.2 Å². The minimum absolute atomic E-state index is 0.0175. The molecule has 3 aromatic carbocycles. The van der Waals surface area contributed by atoms with E-state index in [1.54, 1.807) is 18.2 Å². The minimum atomic E-state index is -0.323. The Bertz CT molecular complexity index is 1380. The number of aromatic hydroxyl groups is 1. The Morgan fingerprint density at radius 2 is 2.00 bits per heavy atom. The van der Waals surface area contributed by atoms with E-state index >= 15 is 0 Å². The second kappa shape index (κ2) is 11.5. The number of benzene rings is 3. The van der Waals surface area contributed by atoms with Gasteiger partial charge in [0.1, 0.15) is 5.75 Å². The number of anilines is 1. The Kier molecular flexibility index (Phi) is 8.02. The number of thioether (sulfide) groups is 1. The summed E-state index contributed by atoms with van der Waals surface area (Å²) in [6.45, 7) is 4.80. The number of rotatable bonds is 10. The Labute approximate surface area is 211 Å². The van der Waals surface area contributed by atoms with Gasteiger partial charge in [0.05, 0.1) is 18.5 Å². The molecular weight excluding hydrogens is 484 g/mol. The van der Waals surface area contributed by atoms with Crippen molar-refractivity contribution in [2.24, 2.45) is 5.10 Å². The molecule has 8 nitrogen and oxygen atoms in total. The molecule has 1 aromatic heterocycles. The van der Waals surface area contributed by atoms with E-state index in [0.717, 1.165) is 22.3 Å². The number of carbonyl (C=O) groups is 1. The van der Waals surface area contributed by atoms with Gasteiger partial charge in [0.2, 0.25) is 0 Å². The fourth-order valence-electron chi connectivity index (χ4n) is 3.39. The first-order valence-corrected chi connectivity index (χ1v) is 12.1. The Morgan fingerprint density at radius 3 is 2.86 bits per heavy atom. The van der Waals surface area contributed by atoms with Crippen LogP contribution < -0.4 is 10.7 Å². The van der Waals surface area contributed by atoms with E-state index < -0.39 is 0 Å². The summed E-state index contributed by atoms with van der Waals surface area (Å²) in [5.74, 6) is 0.515. The van der Waals surface area contributed by atoms with Gasteiger partial charge >= 0.3 is 0 Å². The molecule has 0 bridgehead atoms. The number of phenolic OH excluding ortho intramolecular Hbond substituents is 1. The molecule has 0 saturated heterocycles. The van der Waals surface area contributed by atoms with Crippen LogP contribution in [0.3, 0.4) is 0 Å². The predicted molar refractivity (Wildman–Crippen MR) is 141 cm³/mol. The first kappa shape index (κ1) is 24.3. The number of allylic oxidation sites excluding steroid dienone is 1. The van der Waals surface area contributed by atoms with Crippen LogP contribution in [-0.4, -0.2) is 37.7 Å². The number of nitrogens with one attached hydrogen (secondary N) is 2. The van der Waals surface area contributed by atoms with E-state index in [4.69, 9.17) is 11.6 Å². The van der Waals surface area contributed by atoms with Crippen LogP contribution in [0.25, 0.3) is 10.8 Å². The SMILES string of the molecule is C=CCn1c(CNc2cccc3ccccc23)nnc1SCC(=O)N/N=C/c1cc(Cl)ccc1O. The number of amides is 1. The number of nitrogens with zero attached hydrogens (tertiary/aromatic N) is 4. The quantitative estimate of drug-likeness (QED) is 0.123. The molecule has 0 aliphatic rings. The van der Waals surface area contributed by atoms with E-state index in [0.29, 0.717) is 28.8 Å². The highest BCUT2D eigenvalue weighted by molar-refractivity contribution is 7.99. The lowest BCUT2D eigenvalue weighted by molar-refractivity contribution is -0.118. The summed E-state index contributed by atoms with van der Waals surface area (Å²) >= 11 is 7.16. The summed E-state index contributed by atoms with van der Waals surface area (Å²) in [7, 11) is 0. The monoisotopic (exact) mass is 506 g/mol. The lowest BCUT2D eigenvalue weighted by atomic mass is 10.1. The summed E-state index contributed by atoms with van der Waals surface area (Å²) < 4.78 is 1.91. The average molecular weight is 507 g/mol. The Hall–Kier alpha value is -3.82. The third kappa shape index (κ3) is 6.20. The number of hydrogen-bond acceptors (Lipinski definition) is 7. The van der Waals surface area contributed by atoms with Gasteiger partial charge in [-0.05, 0) is 29.7 Å². The van der Waals surface area contributed by atoms with Crippen LogP contribution in [-0.2, 0) is 17.9 Å². The molecule has 0 spiro atoms. The van der Waals surface area contributed by atoms with Crippen molar-refractivity contribution < 1.29 is 9.90 Å². The molecule has 0 saturated carbocycles. The van der Waals surface area contributed by atoms with E-state index in [1.165, 1.54) is 24.0 Å². The molecule has 0 aliphatic heterocycles. The van der Waals surface area contributed by atoms with Gasteiger partial charge in [-0.2, -0.15) is 5.10 Å². The van der Waals surface area contributed by atoms with Gasteiger partial charge in [-0.25, -0.2) is 5.43 Å². The Morgan fingerprint density at radius 1 is 1.17 bits per heavy atom. The third-order valence-corrected chi connectivity index (χ3v) is 6.25. The van der Waals surface area contributed by atoms with Gasteiger partial charge in [-0.15, -0.1) is 16.8 Å². The first-order chi connectivity index (χ1) is 17.0. The molecule has 0 radical (unpaired) electrons. The predicted octanol–water partition coefficient (Wildman–Crippen LogP) is 4.83. The molecule has 0 fully saturated rings. The molecule has 4 aromatic rings. The summed E-state index contributed by atoms with van der Waals surface area (Å²) in [4.78, 5) is 12.2. The lowest BCUT2D eigenvalue weighted by Gasteiger charge is -2.11. The van der Waals surface area contributed by atoms with Gasteiger partial charge in [-0.3, -0.25) is 4.79 Å². The van der Waals surface area contributed by atoms with Crippen molar-refractivity contribution in [3.63, 3.8) is 0 Å². The smallest absolute Gasteiger partial charge is 0.250 e. The normalized spacial score (nSPS) is 11.1. The largest absolute Gasteiger partial charge is 0.507 e. The molecule has 10 heteroatoms. The maximum Gasteiger partial charge on any atom is 0.250 e. The molecule has 0 unspecified atom stereocenters. The zero-order valence-corrected chi connectivity index (χ0v) is 20.3. The lowest BCUT2D eigenvalue weighted by Crippen LogP contribution is -2.20. The first-order valence-electron chi connectivity index (χ1n) is 10.7. The second-order valence-electron chi connectivity index (χ2n) is 7.46. The number of fused-ring (bicyclic) bond motifs is 1.